The first-order chi connectivity index (χ1) is 17.8. The third-order valence-electron chi connectivity index (χ3n) is 5.36. The van der Waals surface area contributed by atoms with Gasteiger partial charge in [-0.2, -0.15) is 0 Å². The van der Waals surface area contributed by atoms with E-state index in [1.54, 1.807) is 29.2 Å². The molecular weight excluding hydrogens is 511 g/mol. The zero-order valence-electron chi connectivity index (χ0n) is 20.9. The van der Waals surface area contributed by atoms with Gasteiger partial charge in [-0.1, -0.05) is 43.6 Å². The topological polar surface area (TPSA) is 51.1 Å². The van der Waals surface area contributed by atoms with Crippen LogP contribution in [0.4, 0.5) is 10.1 Å². The van der Waals surface area contributed by atoms with Crippen molar-refractivity contribution < 1.29 is 18.7 Å². The number of rotatable bonds is 9. The fourth-order valence-electron chi connectivity index (χ4n) is 3.64. The van der Waals surface area contributed by atoms with Crippen molar-refractivity contribution in [1.29, 1.82) is 0 Å². The number of carbonyl (C=O) groups is 1. The predicted octanol–water partition coefficient (Wildman–Crippen LogP) is 7.72. The summed E-state index contributed by atoms with van der Waals surface area (Å²) in [6.07, 6.45) is 1.84. The molecular formula is C29H28ClFN2O3S. The fraction of sp³-hybridized carbons (Fsp3) is 0.241. The third-order valence-corrected chi connectivity index (χ3v) is 6.62. The van der Waals surface area contributed by atoms with Crippen LogP contribution in [-0.4, -0.2) is 29.1 Å². The summed E-state index contributed by atoms with van der Waals surface area (Å²) < 4.78 is 24.9. The minimum atomic E-state index is -0.288. The zero-order chi connectivity index (χ0) is 26.4. The molecule has 0 atom stereocenters. The van der Waals surface area contributed by atoms with Gasteiger partial charge < -0.3 is 9.47 Å². The number of halogens is 2. The van der Waals surface area contributed by atoms with Gasteiger partial charge in [0.15, 0.2) is 16.7 Å². The summed E-state index contributed by atoms with van der Waals surface area (Å²) in [7, 11) is 0. The van der Waals surface area contributed by atoms with Gasteiger partial charge in [-0.25, -0.2) is 9.38 Å². The van der Waals surface area contributed by atoms with Gasteiger partial charge in [0, 0.05) is 11.6 Å². The lowest BCUT2D eigenvalue weighted by atomic mass is 10.1. The standard InChI is InChI=1S/C29H28ClFN2O3S/c1-4-35-26-15-21(7-14-25(26)36-18-20-5-10-23(31)11-6-20)16-27-28(34)33(17-19(2)3)29(37-27)32-24-12-8-22(30)9-13-24/h5-16,19H,4,17-18H2,1-3H3/b27-16-,32-29?. The summed E-state index contributed by atoms with van der Waals surface area (Å²) in [6.45, 7) is 7.34. The fourth-order valence-corrected chi connectivity index (χ4v) is 4.77. The number of carbonyl (C=O) groups excluding carboxylic acids is 1. The maximum Gasteiger partial charge on any atom is 0.266 e. The second-order valence-electron chi connectivity index (χ2n) is 8.85. The van der Waals surface area contributed by atoms with E-state index in [1.807, 2.05) is 43.3 Å². The minimum absolute atomic E-state index is 0.0824. The van der Waals surface area contributed by atoms with Gasteiger partial charge in [0.1, 0.15) is 12.4 Å². The van der Waals surface area contributed by atoms with E-state index in [1.165, 1.54) is 23.9 Å². The van der Waals surface area contributed by atoms with Crippen molar-refractivity contribution in [1.82, 2.24) is 4.90 Å². The van der Waals surface area contributed by atoms with Crippen molar-refractivity contribution in [2.24, 2.45) is 10.9 Å². The first-order valence-corrected chi connectivity index (χ1v) is 13.2. The second-order valence-corrected chi connectivity index (χ2v) is 10.3. The van der Waals surface area contributed by atoms with Gasteiger partial charge in [-0.3, -0.25) is 9.69 Å². The van der Waals surface area contributed by atoms with Crippen LogP contribution in [0.15, 0.2) is 76.6 Å². The lowest BCUT2D eigenvalue weighted by molar-refractivity contribution is -0.122. The molecule has 0 saturated carbocycles. The lowest BCUT2D eigenvalue weighted by Crippen LogP contribution is -2.32. The van der Waals surface area contributed by atoms with Crippen molar-refractivity contribution in [3.63, 3.8) is 0 Å². The molecule has 0 aromatic heterocycles. The highest BCUT2D eigenvalue weighted by molar-refractivity contribution is 8.18. The van der Waals surface area contributed by atoms with Crippen LogP contribution in [0.3, 0.4) is 0 Å². The van der Waals surface area contributed by atoms with E-state index in [0.29, 0.717) is 39.7 Å². The van der Waals surface area contributed by atoms with Crippen molar-refractivity contribution in [2.45, 2.75) is 27.4 Å². The summed E-state index contributed by atoms with van der Waals surface area (Å²) in [4.78, 5) is 20.3. The Morgan fingerprint density at radius 2 is 1.76 bits per heavy atom. The molecule has 0 unspecified atom stereocenters. The molecule has 37 heavy (non-hydrogen) atoms. The molecule has 4 rings (SSSR count). The molecule has 8 heteroatoms. The van der Waals surface area contributed by atoms with Crippen LogP contribution in [0.2, 0.25) is 5.02 Å². The first kappa shape index (κ1) is 26.8. The maximum absolute atomic E-state index is 13.3. The molecule has 1 amide bonds. The van der Waals surface area contributed by atoms with Gasteiger partial charge in [-0.15, -0.1) is 0 Å². The molecule has 0 N–H and O–H groups in total. The predicted molar refractivity (Wildman–Crippen MR) is 149 cm³/mol. The SMILES string of the molecule is CCOc1cc(/C=C2\SC(=Nc3ccc(Cl)cc3)N(CC(C)C)C2=O)ccc1OCc1ccc(F)cc1. The van der Waals surface area contributed by atoms with Gasteiger partial charge in [0.25, 0.3) is 5.91 Å². The molecule has 1 aliphatic rings. The Kier molecular flexibility index (Phi) is 8.90. The summed E-state index contributed by atoms with van der Waals surface area (Å²) >= 11 is 7.35. The number of hydrogen-bond donors (Lipinski definition) is 0. The van der Waals surface area contributed by atoms with Crippen molar-refractivity contribution in [2.75, 3.05) is 13.2 Å². The molecule has 3 aromatic carbocycles. The van der Waals surface area contributed by atoms with Gasteiger partial charge in [0.2, 0.25) is 0 Å². The van der Waals surface area contributed by atoms with Gasteiger partial charge >= 0.3 is 0 Å². The highest BCUT2D eigenvalue weighted by Gasteiger charge is 2.33. The Hall–Kier alpha value is -3.29. The smallest absolute Gasteiger partial charge is 0.266 e. The van der Waals surface area contributed by atoms with Crippen LogP contribution in [0.1, 0.15) is 31.9 Å². The van der Waals surface area contributed by atoms with Gasteiger partial charge in [0.05, 0.1) is 17.2 Å². The lowest BCUT2D eigenvalue weighted by Gasteiger charge is -2.17. The average molecular weight is 539 g/mol. The summed E-state index contributed by atoms with van der Waals surface area (Å²) in [5, 5.41) is 1.27. The number of amides is 1. The summed E-state index contributed by atoms with van der Waals surface area (Å²) in [5.41, 5.74) is 2.39. The normalized spacial score (nSPS) is 15.7. The van der Waals surface area contributed by atoms with Crippen molar-refractivity contribution in [3.8, 4) is 11.5 Å². The monoisotopic (exact) mass is 538 g/mol. The largest absolute Gasteiger partial charge is 0.490 e. The molecule has 1 saturated heterocycles. The van der Waals surface area contributed by atoms with Crippen molar-refractivity contribution >= 4 is 46.2 Å². The van der Waals surface area contributed by atoms with Crippen LogP contribution < -0.4 is 9.47 Å². The number of thioether (sulfide) groups is 1. The van der Waals surface area contributed by atoms with E-state index in [-0.39, 0.29) is 24.2 Å². The van der Waals surface area contributed by atoms with E-state index in [4.69, 9.17) is 26.1 Å². The maximum atomic E-state index is 13.3. The van der Waals surface area contributed by atoms with E-state index in [2.05, 4.69) is 13.8 Å². The van der Waals surface area contributed by atoms with Crippen LogP contribution in [-0.2, 0) is 11.4 Å². The van der Waals surface area contributed by atoms with E-state index in [9.17, 15) is 9.18 Å². The van der Waals surface area contributed by atoms with Crippen molar-refractivity contribution in [3.05, 3.63) is 93.6 Å². The number of amidine groups is 1. The quantitative estimate of drug-likeness (QED) is 0.262. The van der Waals surface area contributed by atoms with Crippen LogP contribution in [0.25, 0.3) is 6.08 Å². The van der Waals surface area contributed by atoms with E-state index in [0.717, 1.165) is 16.8 Å². The van der Waals surface area contributed by atoms with Crippen LogP contribution in [0, 0.1) is 11.7 Å². The Balaban J connectivity index is 1.58. The Labute approximate surface area is 226 Å². The first-order valence-electron chi connectivity index (χ1n) is 12.0. The number of nitrogens with zero attached hydrogens (tertiary/aromatic N) is 2. The molecule has 0 aliphatic carbocycles. The Bertz CT molecular complexity index is 1310. The molecule has 1 aliphatic heterocycles. The van der Waals surface area contributed by atoms with Gasteiger partial charge in [-0.05, 0) is 90.3 Å². The van der Waals surface area contributed by atoms with E-state index >= 15 is 0 Å². The minimum Gasteiger partial charge on any atom is -0.490 e. The molecule has 0 spiro atoms. The van der Waals surface area contributed by atoms with E-state index < -0.39 is 0 Å². The number of benzene rings is 3. The highest BCUT2D eigenvalue weighted by atomic mass is 35.5. The van der Waals surface area contributed by atoms with Crippen LogP contribution in [0.5, 0.6) is 11.5 Å². The molecule has 0 bridgehead atoms. The molecule has 0 radical (unpaired) electrons. The number of ether oxygens (including phenoxy) is 2. The second kappa shape index (κ2) is 12.3. The Morgan fingerprint density at radius 3 is 2.43 bits per heavy atom. The summed E-state index contributed by atoms with van der Waals surface area (Å²) in [5.74, 6) is 1.06. The Morgan fingerprint density at radius 1 is 1.03 bits per heavy atom. The third kappa shape index (κ3) is 7.14. The van der Waals surface area contributed by atoms with Crippen LogP contribution >= 0.6 is 23.4 Å². The molecule has 1 fully saturated rings. The highest BCUT2D eigenvalue weighted by Crippen LogP contribution is 2.36. The zero-order valence-corrected chi connectivity index (χ0v) is 22.5. The number of aliphatic imine (C=N–C) groups is 1. The molecule has 3 aromatic rings. The molecule has 1 heterocycles. The average Bonchev–Trinajstić information content (AvgIpc) is 3.14. The number of hydrogen-bond acceptors (Lipinski definition) is 5. The molecule has 5 nitrogen and oxygen atoms in total. The summed E-state index contributed by atoms with van der Waals surface area (Å²) in [6, 6.07) is 18.9. The molecule has 192 valence electrons.